The van der Waals surface area contributed by atoms with Crippen LogP contribution in [0.1, 0.15) is 48.5 Å². The highest BCUT2D eigenvalue weighted by atomic mass is 16.4. The van der Waals surface area contributed by atoms with E-state index in [-0.39, 0.29) is 23.3 Å². The summed E-state index contributed by atoms with van der Waals surface area (Å²) in [5, 5.41) is 14.6. The van der Waals surface area contributed by atoms with E-state index in [1.54, 1.807) is 12.1 Å². The molecule has 1 aromatic heterocycles. The molecule has 180 valence electrons. The number of aromatic nitrogens is 2. The SMILES string of the molecule is CC(C)c1ccc(NC(=O)N2CCC[C@@H]2C(=O)Nc2cnc(-c3ccc(C(=O)O)cc3)cn2)cc1. The highest BCUT2D eigenvalue weighted by Gasteiger charge is 2.34. The van der Waals surface area contributed by atoms with Gasteiger partial charge in [0.2, 0.25) is 5.91 Å². The highest BCUT2D eigenvalue weighted by molar-refractivity contribution is 5.99. The number of likely N-dealkylation sites (tertiary alicyclic amines) is 1. The van der Waals surface area contributed by atoms with Crippen molar-refractivity contribution in [1.82, 2.24) is 14.9 Å². The molecule has 35 heavy (non-hydrogen) atoms. The molecule has 2 aromatic carbocycles. The Kier molecular flexibility index (Phi) is 7.05. The van der Waals surface area contributed by atoms with Crippen molar-refractivity contribution in [2.45, 2.75) is 38.6 Å². The Bertz CT molecular complexity index is 1210. The Labute approximate surface area is 203 Å². The van der Waals surface area contributed by atoms with Gasteiger partial charge in [-0.05, 0) is 48.6 Å². The van der Waals surface area contributed by atoms with Crippen LogP contribution in [-0.4, -0.2) is 50.5 Å². The van der Waals surface area contributed by atoms with E-state index in [1.807, 2.05) is 24.3 Å². The van der Waals surface area contributed by atoms with Crippen LogP contribution in [0.25, 0.3) is 11.3 Å². The Morgan fingerprint density at radius 2 is 1.69 bits per heavy atom. The van der Waals surface area contributed by atoms with Gasteiger partial charge in [0.1, 0.15) is 6.04 Å². The number of hydrogen-bond donors (Lipinski definition) is 3. The Morgan fingerprint density at radius 3 is 2.29 bits per heavy atom. The molecule has 4 rings (SSSR count). The first-order valence-electron chi connectivity index (χ1n) is 11.5. The maximum Gasteiger partial charge on any atom is 0.335 e. The second kappa shape index (κ2) is 10.3. The van der Waals surface area contributed by atoms with Crippen molar-refractivity contribution in [3.8, 4) is 11.3 Å². The van der Waals surface area contributed by atoms with Gasteiger partial charge >= 0.3 is 12.0 Å². The molecule has 2 heterocycles. The van der Waals surface area contributed by atoms with E-state index >= 15 is 0 Å². The van der Waals surface area contributed by atoms with Crippen LogP contribution in [-0.2, 0) is 4.79 Å². The minimum absolute atomic E-state index is 0.184. The standard InChI is InChI=1S/C26H27N5O4/c1-16(2)17-9-11-20(12-10-17)29-26(35)31-13-3-4-22(31)24(32)30-23-15-27-21(14-28-23)18-5-7-19(8-6-18)25(33)34/h5-12,14-16,22H,3-4,13H2,1-2H3,(H,29,35)(H,33,34)(H,28,30,32)/t22-/m1/s1. The molecule has 3 N–H and O–H groups in total. The first-order chi connectivity index (χ1) is 16.8. The summed E-state index contributed by atoms with van der Waals surface area (Å²) in [5.41, 5.74) is 3.31. The Morgan fingerprint density at radius 1 is 0.971 bits per heavy atom. The van der Waals surface area contributed by atoms with Crippen LogP contribution in [0.15, 0.2) is 60.9 Å². The molecule has 1 atom stereocenters. The van der Waals surface area contributed by atoms with Gasteiger partial charge in [-0.15, -0.1) is 0 Å². The van der Waals surface area contributed by atoms with Crippen molar-refractivity contribution in [1.29, 1.82) is 0 Å². The zero-order chi connectivity index (χ0) is 24.9. The molecule has 3 aromatic rings. The fourth-order valence-electron chi connectivity index (χ4n) is 3.96. The third kappa shape index (κ3) is 5.63. The number of carboxylic acid groups (broad SMARTS) is 1. The summed E-state index contributed by atoms with van der Waals surface area (Å²) < 4.78 is 0. The average molecular weight is 474 g/mol. The molecule has 9 heteroatoms. The number of amides is 3. The van der Waals surface area contributed by atoms with Crippen molar-refractivity contribution < 1.29 is 19.5 Å². The fraction of sp³-hybridized carbons (Fsp3) is 0.269. The van der Waals surface area contributed by atoms with Crippen LogP contribution in [0, 0.1) is 0 Å². The quantitative estimate of drug-likeness (QED) is 0.481. The van der Waals surface area contributed by atoms with Crippen LogP contribution in [0.3, 0.4) is 0 Å². The maximum absolute atomic E-state index is 12.9. The normalized spacial score (nSPS) is 15.2. The summed E-state index contributed by atoms with van der Waals surface area (Å²) in [6.45, 7) is 4.71. The van der Waals surface area contributed by atoms with Gasteiger partial charge in [0.15, 0.2) is 5.82 Å². The number of nitrogens with one attached hydrogen (secondary N) is 2. The third-order valence-electron chi connectivity index (χ3n) is 5.98. The molecule has 0 saturated carbocycles. The summed E-state index contributed by atoms with van der Waals surface area (Å²) in [4.78, 5) is 46.8. The van der Waals surface area contributed by atoms with E-state index in [2.05, 4.69) is 34.4 Å². The van der Waals surface area contributed by atoms with Gasteiger partial charge in [-0.25, -0.2) is 14.6 Å². The van der Waals surface area contributed by atoms with Crippen molar-refractivity contribution in [3.05, 3.63) is 72.1 Å². The molecular formula is C26H27N5O4. The van der Waals surface area contributed by atoms with Crippen LogP contribution in [0.5, 0.6) is 0 Å². The molecule has 1 aliphatic heterocycles. The van der Waals surface area contributed by atoms with E-state index in [0.29, 0.717) is 35.8 Å². The lowest BCUT2D eigenvalue weighted by molar-refractivity contribution is -0.119. The van der Waals surface area contributed by atoms with Crippen LogP contribution in [0.4, 0.5) is 16.3 Å². The van der Waals surface area contributed by atoms with E-state index in [0.717, 1.165) is 6.42 Å². The van der Waals surface area contributed by atoms with Gasteiger partial charge in [-0.3, -0.25) is 9.78 Å². The van der Waals surface area contributed by atoms with Crippen LogP contribution in [0.2, 0.25) is 0 Å². The summed E-state index contributed by atoms with van der Waals surface area (Å²) in [6.07, 6.45) is 4.24. The van der Waals surface area contributed by atoms with Gasteiger partial charge in [0, 0.05) is 17.8 Å². The lowest BCUT2D eigenvalue weighted by atomic mass is 10.0. The topological polar surface area (TPSA) is 125 Å². The average Bonchev–Trinajstić information content (AvgIpc) is 3.35. The van der Waals surface area contributed by atoms with E-state index in [4.69, 9.17) is 5.11 Å². The van der Waals surface area contributed by atoms with Gasteiger partial charge in [-0.1, -0.05) is 38.1 Å². The van der Waals surface area contributed by atoms with Crippen molar-refractivity contribution in [3.63, 3.8) is 0 Å². The minimum atomic E-state index is -1.00. The molecule has 1 fully saturated rings. The van der Waals surface area contributed by atoms with Gasteiger partial charge < -0.3 is 20.6 Å². The molecular weight excluding hydrogens is 446 g/mol. The van der Waals surface area contributed by atoms with E-state index < -0.39 is 12.0 Å². The summed E-state index contributed by atoms with van der Waals surface area (Å²) >= 11 is 0. The number of hydrogen-bond acceptors (Lipinski definition) is 5. The van der Waals surface area contributed by atoms with Gasteiger partial charge in [-0.2, -0.15) is 0 Å². The fourth-order valence-corrected chi connectivity index (χ4v) is 3.96. The number of carbonyl (C=O) groups excluding carboxylic acids is 2. The molecule has 0 unspecified atom stereocenters. The molecule has 0 bridgehead atoms. The Hall–Kier alpha value is -4.27. The second-order valence-electron chi connectivity index (χ2n) is 8.72. The number of benzene rings is 2. The first kappa shape index (κ1) is 23.9. The maximum atomic E-state index is 12.9. The largest absolute Gasteiger partial charge is 0.478 e. The summed E-state index contributed by atoms with van der Waals surface area (Å²) in [6, 6.07) is 13.1. The summed E-state index contributed by atoms with van der Waals surface area (Å²) in [5.74, 6) is -0.640. The predicted molar refractivity (Wildman–Crippen MR) is 132 cm³/mol. The number of nitrogens with zero attached hydrogens (tertiary/aromatic N) is 3. The van der Waals surface area contributed by atoms with Crippen molar-refractivity contribution in [2.75, 3.05) is 17.2 Å². The summed E-state index contributed by atoms with van der Waals surface area (Å²) in [7, 11) is 0. The van der Waals surface area contributed by atoms with Crippen molar-refractivity contribution >= 4 is 29.4 Å². The van der Waals surface area contributed by atoms with Crippen LogP contribution < -0.4 is 10.6 Å². The molecule has 1 aliphatic rings. The van der Waals surface area contributed by atoms with Gasteiger partial charge in [0.05, 0.1) is 23.7 Å². The molecule has 9 nitrogen and oxygen atoms in total. The zero-order valence-corrected chi connectivity index (χ0v) is 19.6. The number of urea groups is 1. The molecule has 0 spiro atoms. The number of carbonyl (C=O) groups is 3. The lowest BCUT2D eigenvalue weighted by Crippen LogP contribution is -2.45. The monoisotopic (exact) mass is 473 g/mol. The zero-order valence-electron chi connectivity index (χ0n) is 19.6. The number of anilines is 2. The van der Waals surface area contributed by atoms with Gasteiger partial charge in [0.25, 0.3) is 0 Å². The molecule has 0 radical (unpaired) electrons. The number of rotatable bonds is 6. The number of aromatic carboxylic acids is 1. The van der Waals surface area contributed by atoms with Crippen molar-refractivity contribution in [2.24, 2.45) is 0 Å². The van der Waals surface area contributed by atoms with E-state index in [9.17, 15) is 14.4 Å². The molecule has 1 saturated heterocycles. The smallest absolute Gasteiger partial charge is 0.335 e. The second-order valence-corrected chi connectivity index (χ2v) is 8.72. The lowest BCUT2D eigenvalue weighted by Gasteiger charge is -2.24. The molecule has 0 aliphatic carbocycles. The van der Waals surface area contributed by atoms with Crippen LogP contribution >= 0.6 is 0 Å². The molecule has 3 amide bonds. The first-order valence-corrected chi connectivity index (χ1v) is 11.5. The number of carboxylic acids is 1. The minimum Gasteiger partial charge on any atom is -0.478 e. The third-order valence-corrected chi connectivity index (χ3v) is 5.98. The Balaban J connectivity index is 1.37. The highest BCUT2D eigenvalue weighted by Crippen LogP contribution is 2.23. The van der Waals surface area contributed by atoms with E-state index in [1.165, 1.54) is 35.0 Å². The predicted octanol–water partition coefficient (Wildman–Crippen LogP) is 4.60.